The number of carbonyl (C=O) groups is 2. The number of thioether (sulfide) groups is 1. The third-order valence-electron chi connectivity index (χ3n) is 3.04. The van der Waals surface area contributed by atoms with Gasteiger partial charge in [0, 0.05) is 6.04 Å². The molecule has 1 aliphatic carbocycles. The molecule has 98 valence electrons. The van der Waals surface area contributed by atoms with Crippen LogP contribution in [0.25, 0.3) is 0 Å². The summed E-state index contributed by atoms with van der Waals surface area (Å²) in [6.45, 7) is 0.624. The Kier molecular flexibility index (Phi) is 6.36. The Bertz CT molecular complexity index is 273. The van der Waals surface area contributed by atoms with Gasteiger partial charge in [0.05, 0.1) is 11.5 Å². The lowest BCUT2D eigenvalue weighted by Gasteiger charge is -2.31. The van der Waals surface area contributed by atoms with E-state index in [4.69, 9.17) is 11.5 Å². The average Bonchev–Trinajstić information content (AvgIpc) is 2.29. The summed E-state index contributed by atoms with van der Waals surface area (Å²) in [7, 11) is 0. The van der Waals surface area contributed by atoms with Crippen LogP contribution in [0.4, 0.5) is 0 Å². The molecule has 17 heavy (non-hydrogen) atoms. The highest BCUT2D eigenvalue weighted by Gasteiger charge is 2.25. The SMILES string of the molecule is NCC1CCCCC1NC(=O)CSCC(N)=O. The number of hydrogen-bond acceptors (Lipinski definition) is 4. The molecule has 0 bridgehead atoms. The predicted molar refractivity (Wildman–Crippen MR) is 69.5 cm³/mol. The Labute approximate surface area is 106 Å². The maximum Gasteiger partial charge on any atom is 0.230 e. The number of amides is 2. The summed E-state index contributed by atoms with van der Waals surface area (Å²) >= 11 is 1.25. The number of hydrogen-bond donors (Lipinski definition) is 3. The highest BCUT2D eigenvalue weighted by atomic mass is 32.2. The zero-order valence-corrected chi connectivity index (χ0v) is 10.8. The summed E-state index contributed by atoms with van der Waals surface area (Å²) in [6.07, 6.45) is 4.45. The van der Waals surface area contributed by atoms with E-state index >= 15 is 0 Å². The summed E-state index contributed by atoms with van der Waals surface area (Å²) in [5, 5.41) is 3.00. The summed E-state index contributed by atoms with van der Waals surface area (Å²) in [6, 6.07) is 0.204. The van der Waals surface area contributed by atoms with Crippen molar-refractivity contribution in [3.05, 3.63) is 0 Å². The van der Waals surface area contributed by atoms with E-state index in [1.54, 1.807) is 0 Å². The van der Waals surface area contributed by atoms with Crippen molar-refractivity contribution in [1.29, 1.82) is 0 Å². The Balaban J connectivity index is 2.26. The van der Waals surface area contributed by atoms with Crippen molar-refractivity contribution in [2.24, 2.45) is 17.4 Å². The van der Waals surface area contributed by atoms with Crippen LogP contribution in [0.3, 0.4) is 0 Å². The summed E-state index contributed by atoms with van der Waals surface area (Å²) < 4.78 is 0. The minimum atomic E-state index is -0.389. The molecule has 1 aliphatic rings. The molecule has 2 unspecified atom stereocenters. The van der Waals surface area contributed by atoms with Gasteiger partial charge in [-0.2, -0.15) is 0 Å². The second-order valence-corrected chi connectivity index (χ2v) is 5.40. The highest BCUT2D eigenvalue weighted by molar-refractivity contribution is 8.00. The van der Waals surface area contributed by atoms with Gasteiger partial charge in [-0.25, -0.2) is 0 Å². The number of rotatable bonds is 6. The molecule has 0 aromatic heterocycles. The van der Waals surface area contributed by atoms with Crippen LogP contribution < -0.4 is 16.8 Å². The van der Waals surface area contributed by atoms with Gasteiger partial charge in [-0.05, 0) is 25.3 Å². The molecular formula is C11H21N3O2S. The summed E-state index contributed by atoms with van der Waals surface area (Å²) in [5.41, 5.74) is 10.7. The molecule has 1 saturated carbocycles. The molecule has 5 nitrogen and oxygen atoms in total. The zero-order chi connectivity index (χ0) is 12.7. The van der Waals surface area contributed by atoms with Crippen molar-refractivity contribution in [2.75, 3.05) is 18.1 Å². The quantitative estimate of drug-likeness (QED) is 0.617. The van der Waals surface area contributed by atoms with Crippen LogP contribution in [-0.2, 0) is 9.59 Å². The van der Waals surface area contributed by atoms with Gasteiger partial charge in [-0.1, -0.05) is 12.8 Å². The van der Waals surface area contributed by atoms with Crippen LogP contribution in [0.5, 0.6) is 0 Å². The minimum absolute atomic E-state index is 0.0263. The van der Waals surface area contributed by atoms with Crippen molar-refractivity contribution < 1.29 is 9.59 Å². The topological polar surface area (TPSA) is 98.2 Å². The smallest absolute Gasteiger partial charge is 0.230 e. The van der Waals surface area contributed by atoms with Crippen molar-refractivity contribution in [3.8, 4) is 0 Å². The predicted octanol–water partition coefficient (Wildman–Crippen LogP) is -0.161. The molecule has 0 spiro atoms. The molecule has 0 saturated heterocycles. The molecule has 1 fully saturated rings. The summed E-state index contributed by atoms with van der Waals surface area (Å²) in [5.74, 6) is 0.463. The normalized spacial score (nSPS) is 24.3. The van der Waals surface area contributed by atoms with Gasteiger partial charge in [0.1, 0.15) is 0 Å². The third kappa shape index (κ3) is 5.41. The molecule has 5 N–H and O–H groups in total. The van der Waals surface area contributed by atoms with E-state index in [0.29, 0.717) is 12.5 Å². The van der Waals surface area contributed by atoms with Gasteiger partial charge in [0.2, 0.25) is 11.8 Å². The van der Waals surface area contributed by atoms with Gasteiger partial charge in [-0.3, -0.25) is 9.59 Å². The first-order valence-corrected chi connectivity index (χ1v) is 7.14. The van der Waals surface area contributed by atoms with E-state index in [1.165, 1.54) is 18.2 Å². The second-order valence-electron chi connectivity index (χ2n) is 4.41. The van der Waals surface area contributed by atoms with Crippen LogP contribution in [-0.4, -0.2) is 35.9 Å². The standard InChI is InChI=1S/C11H21N3O2S/c12-5-8-3-1-2-4-9(8)14-11(16)7-17-6-10(13)15/h8-9H,1-7,12H2,(H2,13,15)(H,14,16). The first-order chi connectivity index (χ1) is 8.13. The van der Waals surface area contributed by atoms with E-state index in [1.807, 2.05) is 0 Å². The third-order valence-corrected chi connectivity index (χ3v) is 3.99. The first kappa shape index (κ1) is 14.3. The van der Waals surface area contributed by atoms with Crippen LogP contribution in [0.1, 0.15) is 25.7 Å². The average molecular weight is 259 g/mol. The number of nitrogens with one attached hydrogen (secondary N) is 1. The van der Waals surface area contributed by atoms with Crippen LogP contribution >= 0.6 is 11.8 Å². The number of carbonyl (C=O) groups excluding carboxylic acids is 2. The molecule has 6 heteroatoms. The molecular weight excluding hydrogens is 238 g/mol. The molecule has 0 heterocycles. The Hall–Kier alpha value is -0.750. The van der Waals surface area contributed by atoms with Crippen molar-refractivity contribution >= 4 is 23.6 Å². The van der Waals surface area contributed by atoms with Crippen molar-refractivity contribution in [3.63, 3.8) is 0 Å². The highest BCUT2D eigenvalue weighted by Crippen LogP contribution is 2.23. The molecule has 0 aliphatic heterocycles. The summed E-state index contributed by atoms with van der Waals surface area (Å²) in [4.78, 5) is 22.2. The Morgan fingerprint density at radius 2 is 1.94 bits per heavy atom. The van der Waals surface area contributed by atoms with Crippen molar-refractivity contribution in [1.82, 2.24) is 5.32 Å². The molecule has 2 amide bonds. The fourth-order valence-electron chi connectivity index (χ4n) is 2.17. The maximum absolute atomic E-state index is 11.6. The van der Waals surface area contributed by atoms with Crippen LogP contribution in [0, 0.1) is 5.92 Å². The lowest BCUT2D eigenvalue weighted by atomic mass is 9.84. The van der Waals surface area contributed by atoms with Crippen LogP contribution in [0.15, 0.2) is 0 Å². The molecule has 0 radical (unpaired) electrons. The van der Waals surface area contributed by atoms with E-state index in [-0.39, 0.29) is 29.4 Å². The van der Waals surface area contributed by atoms with Gasteiger partial charge < -0.3 is 16.8 Å². The zero-order valence-electron chi connectivity index (χ0n) is 9.98. The minimum Gasteiger partial charge on any atom is -0.369 e. The first-order valence-electron chi connectivity index (χ1n) is 5.99. The maximum atomic E-state index is 11.6. The fourth-order valence-corrected chi connectivity index (χ4v) is 2.74. The number of primary amides is 1. The van der Waals surface area contributed by atoms with Gasteiger partial charge >= 0.3 is 0 Å². The van der Waals surface area contributed by atoms with Gasteiger partial charge in [0.25, 0.3) is 0 Å². The van der Waals surface area contributed by atoms with Crippen molar-refractivity contribution in [2.45, 2.75) is 31.7 Å². The Morgan fingerprint density at radius 3 is 2.59 bits per heavy atom. The molecule has 0 aromatic rings. The Morgan fingerprint density at radius 1 is 1.24 bits per heavy atom. The van der Waals surface area contributed by atoms with Gasteiger partial charge in [0.15, 0.2) is 0 Å². The van der Waals surface area contributed by atoms with E-state index in [0.717, 1.165) is 19.3 Å². The largest absolute Gasteiger partial charge is 0.369 e. The number of nitrogens with two attached hydrogens (primary N) is 2. The van der Waals surface area contributed by atoms with E-state index in [9.17, 15) is 9.59 Å². The van der Waals surface area contributed by atoms with Gasteiger partial charge in [-0.15, -0.1) is 11.8 Å². The second kappa shape index (κ2) is 7.55. The molecule has 1 rings (SSSR count). The molecule has 0 aromatic carbocycles. The lowest BCUT2D eigenvalue weighted by Crippen LogP contribution is -2.45. The van der Waals surface area contributed by atoms with Crippen LogP contribution in [0.2, 0.25) is 0 Å². The van der Waals surface area contributed by atoms with E-state index in [2.05, 4.69) is 5.32 Å². The lowest BCUT2D eigenvalue weighted by molar-refractivity contribution is -0.119. The molecule has 2 atom stereocenters. The monoisotopic (exact) mass is 259 g/mol. The fraction of sp³-hybridized carbons (Fsp3) is 0.818. The van der Waals surface area contributed by atoms with E-state index < -0.39 is 0 Å².